The Kier molecular flexibility index (Phi) is 7.63. The van der Waals surface area contributed by atoms with E-state index in [9.17, 15) is 4.79 Å². The van der Waals surface area contributed by atoms with Crippen LogP contribution in [-0.4, -0.2) is 36.8 Å². The number of hydrogen-bond donors (Lipinski definition) is 0. The molecule has 0 atom stereocenters. The van der Waals surface area contributed by atoms with Gasteiger partial charge in [0.05, 0.1) is 18.4 Å². The third kappa shape index (κ3) is 5.58. The molecule has 0 radical (unpaired) electrons. The van der Waals surface area contributed by atoms with Crippen molar-refractivity contribution in [2.24, 2.45) is 5.16 Å². The van der Waals surface area contributed by atoms with Crippen molar-refractivity contribution < 1.29 is 14.4 Å². The summed E-state index contributed by atoms with van der Waals surface area (Å²) in [6.07, 6.45) is 1.64. The van der Waals surface area contributed by atoms with E-state index in [0.717, 1.165) is 38.2 Å². The van der Waals surface area contributed by atoms with E-state index in [2.05, 4.69) is 34.3 Å². The lowest BCUT2D eigenvalue weighted by atomic mass is 10.1. The number of methoxy groups -OCH3 is 1. The Labute approximate surface area is 160 Å². The molecule has 0 bridgehead atoms. The molecule has 5 nitrogen and oxygen atoms in total. The molecule has 1 heterocycles. The Balaban J connectivity index is 0.00000243. The molecule has 1 aliphatic rings. The SMILES string of the molecule is COc1ccc(C(=O)ON=C2CCN(Cc3ccccc3)CC2)cc1.Cl. The van der Waals surface area contributed by atoms with E-state index in [0.29, 0.717) is 11.3 Å². The van der Waals surface area contributed by atoms with Crippen molar-refractivity contribution >= 4 is 24.1 Å². The summed E-state index contributed by atoms with van der Waals surface area (Å²) in [5, 5.41) is 4.05. The molecule has 2 aromatic carbocycles. The van der Waals surface area contributed by atoms with Crippen LogP contribution in [-0.2, 0) is 11.4 Å². The van der Waals surface area contributed by atoms with E-state index in [1.807, 2.05) is 6.07 Å². The molecule has 0 aromatic heterocycles. The molecule has 3 rings (SSSR count). The van der Waals surface area contributed by atoms with Gasteiger partial charge in [0.1, 0.15) is 5.75 Å². The van der Waals surface area contributed by atoms with Crippen LogP contribution in [0.25, 0.3) is 0 Å². The van der Waals surface area contributed by atoms with Crippen LogP contribution in [0.3, 0.4) is 0 Å². The average molecular weight is 375 g/mol. The number of carbonyl (C=O) groups excluding carboxylic acids is 1. The molecular weight excluding hydrogens is 352 g/mol. The highest BCUT2D eigenvalue weighted by atomic mass is 35.5. The van der Waals surface area contributed by atoms with Crippen LogP contribution in [0.1, 0.15) is 28.8 Å². The van der Waals surface area contributed by atoms with Gasteiger partial charge in [0, 0.05) is 32.5 Å². The normalized spacial score (nSPS) is 14.3. The summed E-state index contributed by atoms with van der Waals surface area (Å²) in [5.74, 6) is 0.260. The highest BCUT2D eigenvalue weighted by Crippen LogP contribution is 2.14. The zero-order valence-corrected chi connectivity index (χ0v) is 15.6. The fraction of sp³-hybridized carbons (Fsp3) is 0.300. The monoisotopic (exact) mass is 374 g/mol. The van der Waals surface area contributed by atoms with Crippen molar-refractivity contribution in [1.29, 1.82) is 0 Å². The van der Waals surface area contributed by atoms with Gasteiger partial charge < -0.3 is 9.57 Å². The molecule has 0 spiro atoms. The number of ether oxygens (including phenoxy) is 1. The van der Waals surface area contributed by atoms with Crippen molar-refractivity contribution in [3.8, 4) is 5.75 Å². The Morgan fingerprint density at radius 1 is 1.04 bits per heavy atom. The maximum Gasteiger partial charge on any atom is 0.365 e. The van der Waals surface area contributed by atoms with Gasteiger partial charge in [0.25, 0.3) is 0 Å². The molecule has 26 heavy (non-hydrogen) atoms. The Morgan fingerprint density at radius 2 is 1.69 bits per heavy atom. The van der Waals surface area contributed by atoms with Crippen LogP contribution in [0.4, 0.5) is 0 Å². The van der Waals surface area contributed by atoms with Gasteiger partial charge in [-0.15, -0.1) is 12.4 Å². The van der Waals surface area contributed by atoms with Gasteiger partial charge in [-0.05, 0) is 29.8 Å². The topological polar surface area (TPSA) is 51.1 Å². The van der Waals surface area contributed by atoms with E-state index in [4.69, 9.17) is 9.57 Å². The highest BCUT2D eigenvalue weighted by Gasteiger charge is 2.16. The minimum atomic E-state index is -0.443. The molecular formula is C20H23ClN2O3. The van der Waals surface area contributed by atoms with Gasteiger partial charge >= 0.3 is 5.97 Å². The third-order valence-electron chi connectivity index (χ3n) is 4.27. The second-order valence-corrected chi connectivity index (χ2v) is 6.03. The van der Waals surface area contributed by atoms with Gasteiger partial charge in [0.2, 0.25) is 0 Å². The second-order valence-electron chi connectivity index (χ2n) is 6.03. The quantitative estimate of drug-likeness (QED) is 0.587. The molecule has 6 heteroatoms. The summed E-state index contributed by atoms with van der Waals surface area (Å²) in [5.41, 5.74) is 2.71. The number of halogens is 1. The molecule has 0 aliphatic carbocycles. The largest absolute Gasteiger partial charge is 0.497 e. The second kappa shape index (κ2) is 9.94. The van der Waals surface area contributed by atoms with E-state index in [1.165, 1.54) is 5.56 Å². The van der Waals surface area contributed by atoms with E-state index >= 15 is 0 Å². The number of benzene rings is 2. The van der Waals surface area contributed by atoms with Gasteiger partial charge in [-0.25, -0.2) is 4.79 Å². The highest BCUT2D eigenvalue weighted by molar-refractivity contribution is 5.91. The zero-order valence-electron chi connectivity index (χ0n) is 14.8. The lowest BCUT2D eigenvalue weighted by molar-refractivity contribution is 0.0512. The average Bonchev–Trinajstić information content (AvgIpc) is 2.68. The maximum absolute atomic E-state index is 12.0. The Hall–Kier alpha value is -2.37. The minimum Gasteiger partial charge on any atom is -0.497 e. The molecule has 0 saturated carbocycles. The van der Waals surface area contributed by atoms with Crippen molar-refractivity contribution in [1.82, 2.24) is 4.90 Å². The first-order valence-corrected chi connectivity index (χ1v) is 8.42. The van der Waals surface area contributed by atoms with Crippen LogP contribution in [0.5, 0.6) is 5.75 Å². The van der Waals surface area contributed by atoms with Crippen molar-refractivity contribution in [3.63, 3.8) is 0 Å². The van der Waals surface area contributed by atoms with Crippen LogP contribution in [0.2, 0.25) is 0 Å². The fourth-order valence-electron chi connectivity index (χ4n) is 2.79. The predicted octanol–water partition coefficient (Wildman–Crippen LogP) is 3.93. The first kappa shape index (κ1) is 19.9. The zero-order chi connectivity index (χ0) is 17.5. The minimum absolute atomic E-state index is 0. The van der Waals surface area contributed by atoms with Crippen molar-refractivity contribution in [2.45, 2.75) is 19.4 Å². The number of nitrogens with zero attached hydrogens (tertiary/aromatic N) is 2. The first-order chi connectivity index (χ1) is 12.2. The summed E-state index contributed by atoms with van der Waals surface area (Å²) in [4.78, 5) is 19.5. The van der Waals surface area contributed by atoms with Gasteiger partial charge in [0.15, 0.2) is 0 Å². The number of likely N-dealkylation sites (tertiary alicyclic amines) is 1. The summed E-state index contributed by atoms with van der Waals surface area (Å²) in [7, 11) is 1.59. The van der Waals surface area contributed by atoms with Gasteiger partial charge in [-0.2, -0.15) is 0 Å². The fourth-order valence-corrected chi connectivity index (χ4v) is 2.79. The van der Waals surface area contributed by atoms with Crippen molar-refractivity contribution in [3.05, 3.63) is 65.7 Å². The molecule has 0 amide bonds. The number of piperidine rings is 1. The third-order valence-corrected chi connectivity index (χ3v) is 4.27. The maximum atomic E-state index is 12.0. The molecule has 2 aromatic rings. The van der Waals surface area contributed by atoms with Crippen LogP contribution in [0.15, 0.2) is 59.8 Å². The summed E-state index contributed by atoms with van der Waals surface area (Å²) >= 11 is 0. The number of carbonyl (C=O) groups is 1. The van der Waals surface area contributed by atoms with Gasteiger partial charge in [-0.1, -0.05) is 35.5 Å². The smallest absolute Gasteiger partial charge is 0.365 e. The van der Waals surface area contributed by atoms with E-state index in [1.54, 1.807) is 31.4 Å². The molecule has 0 N–H and O–H groups in total. The molecule has 1 fully saturated rings. The Bertz CT molecular complexity index is 722. The Morgan fingerprint density at radius 3 is 2.31 bits per heavy atom. The number of oxime groups is 1. The van der Waals surface area contributed by atoms with Crippen LogP contribution < -0.4 is 4.74 Å². The standard InChI is InChI=1S/C20H22N2O3.ClH/c1-24-19-9-7-17(8-10-19)20(23)25-21-18-11-13-22(14-12-18)15-16-5-3-2-4-6-16;/h2-10H,11-15H2,1H3;1H. The summed E-state index contributed by atoms with van der Waals surface area (Å²) < 4.78 is 5.07. The van der Waals surface area contributed by atoms with Crippen LogP contribution >= 0.6 is 12.4 Å². The summed E-state index contributed by atoms with van der Waals surface area (Å²) in [6.45, 7) is 2.79. The van der Waals surface area contributed by atoms with E-state index < -0.39 is 5.97 Å². The van der Waals surface area contributed by atoms with Crippen molar-refractivity contribution in [2.75, 3.05) is 20.2 Å². The number of hydrogen-bond acceptors (Lipinski definition) is 5. The van der Waals surface area contributed by atoms with Gasteiger partial charge in [-0.3, -0.25) is 4.90 Å². The van der Waals surface area contributed by atoms with E-state index in [-0.39, 0.29) is 12.4 Å². The van der Waals surface area contributed by atoms with Crippen LogP contribution in [0, 0.1) is 0 Å². The lowest BCUT2D eigenvalue weighted by Crippen LogP contribution is -2.33. The molecule has 1 aliphatic heterocycles. The molecule has 1 saturated heterocycles. The summed E-state index contributed by atoms with van der Waals surface area (Å²) in [6, 6.07) is 17.2. The lowest BCUT2D eigenvalue weighted by Gasteiger charge is -2.27. The predicted molar refractivity (Wildman–Crippen MR) is 104 cm³/mol. The first-order valence-electron chi connectivity index (χ1n) is 8.42. The number of rotatable bonds is 5. The molecule has 0 unspecified atom stereocenters. The molecule has 138 valence electrons.